The van der Waals surface area contributed by atoms with Crippen molar-refractivity contribution in [1.29, 1.82) is 0 Å². The molecule has 0 saturated heterocycles. The van der Waals surface area contributed by atoms with Crippen LogP contribution in [0.5, 0.6) is 5.75 Å². The molecule has 0 unspecified atom stereocenters. The molecule has 0 aliphatic carbocycles. The Kier molecular flexibility index (Phi) is 6.21. The Hall–Kier alpha value is -2.29. The summed E-state index contributed by atoms with van der Waals surface area (Å²) in [5, 5.41) is 2.89. The van der Waals surface area contributed by atoms with Crippen LogP contribution in [0, 0.1) is 6.92 Å². The predicted octanol–water partition coefficient (Wildman–Crippen LogP) is 3.86. The van der Waals surface area contributed by atoms with Crippen molar-refractivity contribution in [3.8, 4) is 5.75 Å². The molecule has 0 spiro atoms. The summed E-state index contributed by atoms with van der Waals surface area (Å²) in [7, 11) is 0. The van der Waals surface area contributed by atoms with Gasteiger partial charge < -0.3 is 10.1 Å². The lowest BCUT2D eigenvalue weighted by Gasteiger charge is -2.10. The molecule has 0 heterocycles. The third-order valence-electron chi connectivity index (χ3n) is 3.85. The molecule has 2 rings (SSSR count). The van der Waals surface area contributed by atoms with Crippen LogP contribution in [0.1, 0.15) is 36.5 Å². The van der Waals surface area contributed by atoms with Crippen LogP contribution in [0.15, 0.2) is 48.5 Å². The van der Waals surface area contributed by atoms with Crippen molar-refractivity contribution in [3.05, 3.63) is 65.2 Å². The van der Waals surface area contributed by atoms with Gasteiger partial charge in [0.2, 0.25) is 5.91 Å². The van der Waals surface area contributed by atoms with E-state index in [9.17, 15) is 4.79 Å². The van der Waals surface area contributed by atoms with Crippen LogP contribution in [-0.4, -0.2) is 19.1 Å². The molecule has 0 fully saturated rings. The highest BCUT2D eigenvalue weighted by Crippen LogP contribution is 2.18. The molecule has 1 amide bonds. The second-order valence-corrected chi connectivity index (χ2v) is 6.03. The Morgan fingerprint density at radius 3 is 2.43 bits per heavy atom. The zero-order valence-electron chi connectivity index (χ0n) is 14.1. The summed E-state index contributed by atoms with van der Waals surface area (Å²) in [6.45, 7) is 7.34. The highest BCUT2D eigenvalue weighted by Gasteiger charge is 2.05. The van der Waals surface area contributed by atoms with Gasteiger partial charge in [0.15, 0.2) is 0 Å². The van der Waals surface area contributed by atoms with E-state index in [-0.39, 0.29) is 5.91 Å². The minimum Gasteiger partial charge on any atom is -0.492 e. The monoisotopic (exact) mass is 311 g/mol. The Morgan fingerprint density at radius 2 is 1.78 bits per heavy atom. The summed E-state index contributed by atoms with van der Waals surface area (Å²) in [6, 6.07) is 16.1. The average molecular weight is 311 g/mol. The summed E-state index contributed by atoms with van der Waals surface area (Å²) >= 11 is 0. The summed E-state index contributed by atoms with van der Waals surface area (Å²) in [6.07, 6.45) is 0.412. The van der Waals surface area contributed by atoms with Gasteiger partial charge in [0.25, 0.3) is 0 Å². The minimum atomic E-state index is 0.0260. The molecular formula is C20H25NO2. The summed E-state index contributed by atoms with van der Waals surface area (Å²) in [4.78, 5) is 11.9. The van der Waals surface area contributed by atoms with E-state index >= 15 is 0 Å². The van der Waals surface area contributed by atoms with Crippen LogP contribution in [0.25, 0.3) is 0 Å². The van der Waals surface area contributed by atoms with E-state index in [0.29, 0.717) is 25.5 Å². The number of aryl methyl sites for hydroxylation is 1. The minimum absolute atomic E-state index is 0.0260. The van der Waals surface area contributed by atoms with E-state index in [2.05, 4.69) is 31.3 Å². The largest absolute Gasteiger partial charge is 0.492 e. The first-order chi connectivity index (χ1) is 11.1. The normalized spacial score (nSPS) is 10.6. The maximum Gasteiger partial charge on any atom is 0.224 e. The van der Waals surface area contributed by atoms with Crippen LogP contribution in [0.3, 0.4) is 0 Å². The first-order valence-electron chi connectivity index (χ1n) is 8.10. The second-order valence-electron chi connectivity index (χ2n) is 6.03. The molecule has 0 saturated carbocycles. The number of hydrogen-bond acceptors (Lipinski definition) is 2. The van der Waals surface area contributed by atoms with Gasteiger partial charge in [-0.15, -0.1) is 0 Å². The quantitative estimate of drug-likeness (QED) is 0.789. The fraction of sp³-hybridized carbons (Fsp3) is 0.350. The number of rotatable bonds is 7. The lowest BCUT2D eigenvalue weighted by atomic mass is 10.0. The van der Waals surface area contributed by atoms with E-state index in [1.165, 1.54) is 5.56 Å². The molecule has 0 bridgehead atoms. The lowest BCUT2D eigenvalue weighted by molar-refractivity contribution is -0.120. The zero-order chi connectivity index (χ0) is 16.7. The number of nitrogens with one attached hydrogen (secondary N) is 1. The molecule has 23 heavy (non-hydrogen) atoms. The maximum absolute atomic E-state index is 11.9. The molecule has 0 aromatic heterocycles. The van der Waals surface area contributed by atoms with E-state index in [0.717, 1.165) is 16.9 Å². The van der Waals surface area contributed by atoms with E-state index in [4.69, 9.17) is 4.74 Å². The van der Waals surface area contributed by atoms with Gasteiger partial charge in [0, 0.05) is 0 Å². The van der Waals surface area contributed by atoms with Crippen molar-refractivity contribution in [1.82, 2.24) is 5.32 Å². The summed E-state index contributed by atoms with van der Waals surface area (Å²) in [5.41, 5.74) is 3.50. The van der Waals surface area contributed by atoms with Gasteiger partial charge in [-0.25, -0.2) is 0 Å². The number of benzene rings is 2. The molecule has 0 aliphatic rings. The Morgan fingerprint density at radius 1 is 1.09 bits per heavy atom. The predicted molar refractivity (Wildman–Crippen MR) is 93.9 cm³/mol. The number of carbonyl (C=O) groups excluding carboxylic acids is 1. The number of hydrogen-bond donors (Lipinski definition) is 1. The first-order valence-corrected chi connectivity index (χ1v) is 8.10. The number of amides is 1. The Bertz CT molecular complexity index is 632. The standard InChI is InChI=1S/C20H25NO2/c1-15(2)17-8-10-19(11-9-17)23-13-12-21-20(22)14-18-7-5-4-6-16(18)3/h4-11,15H,12-14H2,1-3H3,(H,21,22). The summed E-state index contributed by atoms with van der Waals surface area (Å²) in [5.74, 6) is 1.38. The summed E-state index contributed by atoms with van der Waals surface area (Å²) < 4.78 is 5.65. The molecule has 2 aromatic rings. The molecule has 0 aliphatic heterocycles. The van der Waals surface area contributed by atoms with Crippen LogP contribution >= 0.6 is 0 Å². The van der Waals surface area contributed by atoms with Crippen molar-refractivity contribution < 1.29 is 9.53 Å². The van der Waals surface area contributed by atoms with Crippen molar-refractivity contribution in [2.75, 3.05) is 13.2 Å². The van der Waals surface area contributed by atoms with Crippen LogP contribution in [-0.2, 0) is 11.2 Å². The Labute approximate surface area is 138 Å². The number of ether oxygens (including phenoxy) is 1. The molecule has 122 valence electrons. The first kappa shape index (κ1) is 17.1. The van der Waals surface area contributed by atoms with E-state index < -0.39 is 0 Å². The maximum atomic E-state index is 11.9. The van der Waals surface area contributed by atoms with Crippen LogP contribution < -0.4 is 10.1 Å². The fourth-order valence-electron chi connectivity index (χ4n) is 2.35. The average Bonchev–Trinajstić information content (AvgIpc) is 2.54. The fourth-order valence-corrected chi connectivity index (χ4v) is 2.35. The van der Waals surface area contributed by atoms with Crippen molar-refractivity contribution in [2.24, 2.45) is 0 Å². The Balaban J connectivity index is 1.70. The smallest absolute Gasteiger partial charge is 0.224 e. The third-order valence-corrected chi connectivity index (χ3v) is 3.85. The lowest BCUT2D eigenvalue weighted by Crippen LogP contribution is -2.29. The molecule has 3 nitrogen and oxygen atoms in total. The van der Waals surface area contributed by atoms with Crippen LogP contribution in [0.4, 0.5) is 0 Å². The van der Waals surface area contributed by atoms with Crippen LogP contribution in [0.2, 0.25) is 0 Å². The van der Waals surface area contributed by atoms with Gasteiger partial charge in [0.1, 0.15) is 12.4 Å². The topological polar surface area (TPSA) is 38.3 Å². The van der Waals surface area contributed by atoms with Gasteiger partial charge in [0.05, 0.1) is 13.0 Å². The van der Waals surface area contributed by atoms with Crippen molar-refractivity contribution in [3.63, 3.8) is 0 Å². The van der Waals surface area contributed by atoms with Gasteiger partial charge in [-0.3, -0.25) is 4.79 Å². The SMILES string of the molecule is Cc1ccccc1CC(=O)NCCOc1ccc(C(C)C)cc1. The van der Waals surface area contributed by atoms with E-state index in [1.54, 1.807) is 0 Å². The van der Waals surface area contributed by atoms with Crippen molar-refractivity contribution in [2.45, 2.75) is 33.1 Å². The molecule has 3 heteroatoms. The third kappa shape index (κ3) is 5.44. The zero-order valence-corrected chi connectivity index (χ0v) is 14.1. The highest BCUT2D eigenvalue weighted by molar-refractivity contribution is 5.78. The number of carbonyl (C=O) groups is 1. The second kappa shape index (κ2) is 8.37. The van der Waals surface area contributed by atoms with Gasteiger partial charge >= 0.3 is 0 Å². The molecule has 1 N–H and O–H groups in total. The molecule has 0 radical (unpaired) electrons. The molecule has 0 atom stereocenters. The highest BCUT2D eigenvalue weighted by atomic mass is 16.5. The van der Waals surface area contributed by atoms with Gasteiger partial charge in [-0.2, -0.15) is 0 Å². The molecular weight excluding hydrogens is 286 g/mol. The van der Waals surface area contributed by atoms with Gasteiger partial charge in [-0.05, 0) is 41.7 Å². The molecule has 2 aromatic carbocycles. The van der Waals surface area contributed by atoms with Crippen molar-refractivity contribution >= 4 is 5.91 Å². The van der Waals surface area contributed by atoms with E-state index in [1.807, 2.05) is 43.3 Å². The van der Waals surface area contributed by atoms with Gasteiger partial charge in [-0.1, -0.05) is 50.2 Å².